The molecule has 1 spiro atoms. The summed E-state index contributed by atoms with van der Waals surface area (Å²) in [5, 5.41) is 7.24. The van der Waals surface area contributed by atoms with Crippen LogP contribution < -0.4 is 0 Å². The molecule has 0 saturated heterocycles. The highest BCUT2D eigenvalue weighted by atomic mass is 32.1. The number of thiophene rings is 1. The number of benzene rings is 14. The summed E-state index contributed by atoms with van der Waals surface area (Å²) >= 11 is 1.86. The Balaban J connectivity index is 0.700. The molecule has 0 aliphatic heterocycles. The third-order valence-corrected chi connectivity index (χ3v) is 21.8. The maximum atomic E-state index is 5.40. The predicted molar refractivity (Wildman–Crippen MR) is 409 cm³/mol. The quantitative estimate of drug-likeness (QED) is 0.143. The van der Waals surface area contributed by atoms with Gasteiger partial charge in [0.1, 0.15) is 0 Å². The molecule has 0 N–H and O–H groups in total. The molecule has 0 radical (unpaired) electrons. The summed E-state index contributed by atoms with van der Waals surface area (Å²) in [5.41, 5.74) is 23.5. The van der Waals surface area contributed by atoms with Crippen molar-refractivity contribution in [3.05, 3.63) is 350 Å². The first kappa shape index (κ1) is 56.1. The SMILES string of the molecule is c1ccc(-c2cccc(-c3nc(-c4ccc(-c5ccc6c(c5)-c5ccccc5C65c6ccccc6-c6c5ccc5c7ccccc7n(-c7nc(-c8ccccc8)nc(-c8ccccc8)n7)c65)cc4)nc(-c4cccc(-n5c6ccccc6c6ccc7c8ccccc8sc7c65)c4)n3)c2)cc1. The highest BCUT2D eigenvalue weighted by molar-refractivity contribution is 7.26. The zero-order valence-electron chi connectivity index (χ0n) is 53.7. The van der Waals surface area contributed by atoms with Crippen LogP contribution in [0.15, 0.2) is 328 Å². The number of hydrogen-bond donors (Lipinski definition) is 0. The third-order valence-electron chi connectivity index (χ3n) is 20.7. The Labute approximate surface area is 578 Å². The lowest BCUT2D eigenvalue weighted by Gasteiger charge is -2.30. The predicted octanol–water partition coefficient (Wildman–Crippen LogP) is 22.6. The Hall–Kier alpha value is -13.1. The zero-order chi connectivity index (χ0) is 65.6. The van der Waals surface area contributed by atoms with E-state index in [0.29, 0.717) is 35.1 Å². The molecule has 1 unspecified atom stereocenters. The second kappa shape index (κ2) is 22.0. The Morgan fingerprint density at radius 3 is 1.39 bits per heavy atom. The van der Waals surface area contributed by atoms with Crippen LogP contribution in [0.4, 0.5) is 0 Å². The Morgan fingerprint density at radius 2 is 0.690 bits per heavy atom. The molecule has 0 saturated carbocycles. The standard InChI is InChI=1S/C91H54N8S/c1-4-22-55(23-5-1)60-28-20-29-62(52-60)88-92-85(93-89(95-88)63-30-21-31-64(53-63)98-78-39-17-12-34-67(78)70-47-48-71-68-35-14-19-41-80(68)100-84(71)83(70)98)59-44-42-56(43-45-59)61-46-50-76-73(54-61)65-32-10-15-37-74(65)91(76)75-38-16-11-36-72(75)81-77(91)51-49-69-66-33-13-18-40-79(66)99(82(69)81)90-96-86(57-24-6-2-7-25-57)94-87(97-90)58-26-8-3-9-27-58/h1-54H. The van der Waals surface area contributed by atoms with E-state index >= 15 is 0 Å². The van der Waals surface area contributed by atoms with Gasteiger partial charge in [0.05, 0.1) is 32.2 Å². The number of aromatic nitrogens is 8. The summed E-state index contributed by atoms with van der Waals surface area (Å²) in [7, 11) is 0. The summed E-state index contributed by atoms with van der Waals surface area (Å²) in [6.07, 6.45) is 0. The van der Waals surface area contributed by atoms with Crippen LogP contribution in [0.5, 0.6) is 0 Å². The number of para-hydroxylation sites is 2. The van der Waals surface area contributed by atoms with Crippen LogP contribution in [0, 0.1) is 0 Å². The van der Waals surface area contributed by atoms with Gasteiger partial charge in [-0.2, -0.15) is 9.97 Å². The van der Waals surface area contributed by atoms with Crippen LogP contribution in [-0.2, 0) is 5.41 Å². The second-order valence-corrected chi connectivity index (χ2v) is 27.1. The molecular weight excluding hydrogens is 1240 g/mol. The van der Waals surface area contributed by atoms with E-state index in [0.717, 1.165) is 83.1 Å². The molecule has 0 bridgehead atoms. The van der Waals surface area contributed by atoms with Crippen molar-refractivity contribution in [3.8, 4) is 113 Å². The van der Waals surface area contributed by atoms with E-state index in [-0.39, 0.29) is 0 Å². The molecule has 100 heavy (non-hydrogen) atoms. The van der Waals surface area contributed by atoms with Gasteiger partial charge in [-0.15, -0.1) is 11.3 Å². The summed E-state index contributed by atoms with van der Waals surface area (Å²) in [4.78, 5) is 32.0. The highest BCUT2D eigenvalue weighted by Crippen LogP contribution is 2.64. The van der Waals surface area contributed by atoms with E-state index in [2.05, 4.69) is 300 Å². The number of fused-ring (bicyclic) bond motifs is 21. The Bertz CT molecular complexity index is 6530. The first-order valence-electron chi connectivity index (χ1n) is 33.8. The molecule has 0 amide bonds. The van der Waals surface area contributed by atoms with E-state index in [9.17, 15) is 0 Å². The first-order valence-corrected chi connectivity index (χ1v) is 34.6. The minimum Gasteiger partial charge on any atom is -0.308 e. The molecule has 5 aromatic heterocycles. The van der Waals surface area contributed by atoms with Crippen molar-refractivity contribution in [2.75, 3.05) is 0 Å². The summed E-state index contributed by atoms with van der Waals surface area (Å²) < 4.78 is 7.27. The molecule has 2 aliphatic rings. The maximum Gasteiger partial charge on any atom is 0.238 e. The normalized spacial score (nSPS) is 13.6. The average molecular weight is 1290 g/mol. The van der Waals surface area contributed by atoms with Crippen LogP contribution >= 0.6 is 11.3 Å². The largest absolute Gasteiger partial charge is 0.308 e. The molecule has 464 valence electrons. The van der Waals surface area contributed by atoms with Gasteiger partial charge in [0, 0.05) is 76.1 Å². The van der Waals surface area contributed by atoms with Gasteiger partial charge in [-0.25, -0.2) is 19.9 Å². The van der Waals surface area contributed by atoms with Crippen molar-refractivity contribution in [1.82, 2.24) is 39.0 Å². The van der Waals surface area contributed by atoms with Crippen molar-refractivity contribution in [2.24, 2.45) is 0 Å². The van der Waals surface area contributed by atoms with Crippen molar-refractivity contribution in [2.45, 2.75) is 5.41 Å². The van der Waals surface area contributed by atoms with E-state index in [4.69, 9.17) is 29.9 Å². The van der Waals surface area contributed by atoms with Crippen LogP contribution in [0.1, 0.15) is 22.3 Å². The molecule has 19 aromatic rings. The monoisotopic (exact) mass is 1290 g/mol. The Morgan fingerprint density at radius 1 is 0.250 bits per heavy atom. The summed E-state index contributed by atoms with van der Waals surface area (Å²) in [6, 6.07) is 118. The van der Waals surface area contributed by atoms with Crippen LogP contribution in [0.2, 0.25) is 0 Å². The lowest BCUT2D eigenvalue weighted by molar-refractivity contribution is 0.794. The average Bonchev–Trinajstić information content (AvgIpc) is 1.50. The first-order chi connectivity index (χ1) is 49.6. The minimum atomic E-state index is -0.636. The topological polar surface area (TPSA) is 87.2 Å². The summed E-state index contributed by atoms with van der Waals surface area (Å²) in [6.45, 7) is 0. The van der Waals surface area contributed by atoms with Gasteiger partial charge in [0.2, 0.25) is 5.95 Å². The van der Waals surface area contributed by atoms with E-state index in [1.807, 2.05) is 47.7 Å². The van der Waals surface area contributed by atoms with Gasteiger partial charge in [-0.3, -0.25) is 4.57 Å². The van der Waals surface area contributed by atoms with Crippen molar-refractivity contribution in [3.63, 3.8) is 0 Å². The van der Waals surface area contributed by atoms with Crippen LogP contribution in [-0.4, -0.2) is 39.0 Å². The lowest BCUT2D eigenvalue weighted by Crippen LogP contribution is -2.25. The number of nitrogens with zero attached hydrogens (tertiary/aromatic N) is 8. The maximum absolute atomic E-state index is 5.40. The zero-order valence-corrected chi connectivity index (χ0v) is 54.5. The smallest absolute Gasteiger partial charge is 0.238 e. The van der Waals surface area contributed by atoms with Crippen LogP contribution in [0.25, 0.3) is 177 Å². The molecule has 14 aromatic carbocycles. The van der Waals surface area contributed by atoms with Gasteiger partial charge in [-0.05, 0) is 104 Å². The fourth-order valence-corrected chi connectivity index (χ4v) is 17.5. The Kier molecular flexibility index (Phi) is 12.3. The third kappa shape index (κ3) is 8.39. The van der Waals surface area contributed by atoms with Crippen LogP contribution in [0.3, 0.4) is 0 Å². The molecular formula is C91H54N8S. The molecule has 1 atom stereocenters. The van der Waals surface area contributed by atoms with Gasteiger partial charge in [0.25, 0.3) is 0 Å². The molecule has 21 rings (SSSR count). The summed E-state index contributed by atoms with van der Waals surface area (Å²) in [5.74, 6) is 3.57. The van der Waals surface area contributed by atoms with Gasteiger partial charge in [-0.1, -0.05) is 285 Å². The van der Waals surface area contributed by atoms with Gasteiger partial charge < -0.3 is 4.57 Å². The van der Waals surface area contributed by atoms with E-state index in [1.165, 1.54) is 81.0 Å². The highest BCUT2D eigenvalue weighted by Gasteiger charge is 2.52. The lowest BCUT2D eigenvalue weighted by atomic mass is 9.70. The minimum absolute atomic E-state index is 0.564. The molecule has 5 heterocycles. The van der Waals surface area contributed by atoms with E-state index in [1.54, 1.807) is 0 Å². The van der Waals surface area contributed by atoms with Crippen molar-refractivity contribution < 1.29 is 0 Å². The fourth-order valence-electron chi connectivity index (χ4n) is 16.3. The second-order valence-electron chi connectivity index (χ2n) is 26.0. The van der Waals surface area contributed by atoms with Crippen molar-refractivity contribution >= 4 is 75.1 Å². The number of rotatable bonds is 9. The van der Waals surface area contributed by atoms with Crippen molar-refractivity contribution in [1.29, 1.82) is 0 Å². The number of hydrogen-bond acceptors (Lipinski definition) is 7. The van der Waals surface area contributed by atoms with Gasteiger partial charge >= 0.3 is 0 Å². The van der Waals surface area contributed by atoms with Gasteiger partial charge in [0.15, 0.2) is 29.1 Å². The van der Waals surface area contributed by atoms with E-state index < -0.39 is 5.41 Å². The fraction of sp³-hybridized carbons (Fsp3) is 0.0110. The molecule has 0 fully saturated rings. The molecule has 8 nitrogen and oxygen atoms in total. The molecule has 9 heteroatoms. The molecule has 2 aliphatic carbocycles.